The van der Waals surface area contributed by atoms with Gasteiger partial charge < -0.3 is 0 Å². The average molecular weight is 1830 g/mol. The van der Waals surface area contributed by atoms with Crippen molar-refractivity contribution in [3.63, 3.8) is 0 Å². The molecule has 3 aliphatic carbocycles. The van der Waals surface area contributed by atoms with E-state index < -0.39 is 0 Å². The third-order valence-electron chi connectivity index (χ3n) is 29.0. The summed E-state index contributed by atoms with van der Waals surface area (Å²) in [5, 5.41) is 5.17. The van der Waals surface area contributed by atoms with E-state index in [1.807, 2.05) is 91.5 Å². The van der Waals surface area contributed by atoms with Gasteiger partial charge in [0.15, 0.2) is 17.5 Å². The number of hydrogen-bond donors (Lipinski definition) is 0. The summed E-state index contributed by atoms with van der Waals surface area (Å²) in [4.78, 5) is 44.5. The molecule has 0 radical (unpaired) electrons. The van der Waals surface area contributed by atoms with E-state index in [-0.39, 0.29) is 16.2 Å². The number of pyridine rings is 3. The molecular formula is C134H97N9. The van der Waals surface area contributed by atoms with Gasteiger partial charge in [-0.3, -0.25) is 15.0 Å². The van der Waals surface area contributed by atoms with Crippen LogP contribution < -0.4 is 0 Å². The summed E-state index contributed by atoms with van der Waals surface area (Å²) in [7, 11) is 0. The van der Waals surface area contributed by atoms with E-state index in [2.05, 4.69) is 440 Å². The summed E-state index contributed by atoms with van der Waals surface area (Å²) in [6, 6.07) is 161. The number of fused-ring (bicyclic) bond motifs is 13. The van der Waals surface area contributed by atoms with Gasteiger partial charge in [0.2, 0.25) is 0 Å². The highest BCUT2D eigenvalue weighted by Gasteiger charge is 2.40. The lowest BCUT2D eigenvalue weighted by molar-refractivity contribution is 0.660. The maximum atomic E-state index is 5.22. The molecule has 6 heterocycles. The number of rotatable bonds is 15. The summed E-state index contributed by atoms with van der Waals surface area (Å²) in [5.41, 5.74) is 43.5. The van der Waals surface area contributed by atoms with E-state index in [1.165, 1.54) is 116 Å². The largest absolute Gasteiger partial charge is 0.265 e. The van der Waals surface area contributed by atoms with E-state index in [4.69, 9.17) is 34.9 Å². The van der Waals surface area contributed by atoms with Crippen LogP contribution in [0.5, 0.6) is 0 Å². The first-order valence-corrected chi connectivity index (χ1v) is 48.9. The Labute approximate surface area is 833 Å². The van der Waals surface area contributed by atoms with Crippen LogP contribution in [-0.4, -0.2) is 44.9 Å². The SMILES string of the molecule is CC1(C)c2cc(-c3cc(-c4ccc(-c5ccccc5)nc4)nc(-c4ccc(-c5ccccc5)cc4)n3)ccc2-c2c1ccc1ccccc21.CC1(C)c2cc(-c3cc(-c4ccc(-c5ccccn5)cc4)nc(-c4ccc(-c5ccccc5)cc4)n3)ccc2-c2ccc3ccccc3c21.CC1(C)c2ccccc2-c2cc(-c3cc(-c4ccc(-c5ccncc5)cc4)nc(-c4ccc(-c5ccccc5)cc4)n3)ccc21. The molecule has 26 rings (SSSR count). The molecule has 0 spiro atoms. The van der Waals surface area contributed by atoms with Crippen molar-refractivity contribution in [3.8, 4) is 202 Å². The van der Waals surface area contributed by atoms with Crippen LogP contribution in [0, 0.1) is 0 Å². The van der Waals surface area contributed by atoms with E-state index in [0.717, 1.165) is 123 Å². The Balaban J connectivity index is 0.000000116. The third kappa shape index (κ3) is 16.7. The molecule has 0 fully saturated rings. The van der Waals surface area contributed by atoms with Crippen LogP contribution in [0.25, 0.3) is 224 Å². The zero-order chi connectivity index (χ0) is 96.3. The maximum absolute atomic E-state index is 5.22. The van der Waals surface area contributed by atoms with Crippen molar-refractivity contribution in [2.24, 2.45) is 0 Å². The van der Waals surface area contributed by atoms with Crippen LogP contribution in [0.1, 0.15) is 74.9 Å². The van der Waals surface area contributed by atoms with Gasteiger partial charge in [0, 0.05) is 102 Å². The molecule has 6 aromatic heterocycles. The van der Waals surface area contributed by atoms with Gasteiger partial charge in [0.05, 0.1) is 45.6 Å². The molecule has 9 heteroatoms. The van der Waals surface area contributed by atoms with Crippen molar-refractivity contribution in [2.45, 2.75) is 57.8 Å². The Hall–Kier alpha value is -18.1. The van der Waals surface area contributed by atoms with E-state index in [1.54, 1.807) is 0 Å². The molecule has 0 N–H and O–H groups in total. The van der Waals surface area contributed by atoms with E-state index >= 15 is 0 Å². The summed E-state index contributed by atoms with van der Waals surface area (Å²) < 4.78 is 0. The molecule has 0 atom stereocenters. The van der Waals surface area contributed by atoms with Crippen LogP contribution in [0.3, 0.4) is 0 Å². The second-order valence-electron chi connectivity index (χ2n) is 38.7. The molecule has 143 heavy (non-hydrogen) atoms. The van der Waals surface area contributed by atoms with Crippen molar-refractivity contribution in [1.82, 2.24) is 44.9 Å². The van der Waals surface area contributed by atoms with Crippen LogP contribution in [0.15, 0.2) is 480 Å². The maximum Gasteiger partial charge on any atom is 0.160 e. The van der Waals surface area contributed by atoms with Crippen molar-refractivity contribution in [2.75, 3.05) is 0 Å². The number of benzene rings is 17. The zero-order valence-corrected chi connectivity index (χ0v) is 80.1. The van der Waals surface area contributed by atoms with Crippen molar-refractivity contribution >= 4 is 21.5 Å². The molecule has 3 aliphatic rings. The molecular weight excluding hydrogens is 1740 g/mol. The van der Waals surface area contributed by atoms with Gasteiger partial charge in [-0.1, -0.05) is 424 Å². The molecule has 23 aromatic rings. The van der Waals surface area contributed by atoms with Gasteiger partial charge in [-0.2, -0.15) is 0 Å². The Morgan fingerprint density at radius 1 is 0.168 bits per heavy atom. The number of aromatic nitrogens is 9. The fraction of sp³-hybridized carbons (Fsp3) is 0.0672. The molecule has 9 nitrogen and oxygen atoms in total. The highest BCUT2D eigenvalue weighted by molar-refractivity contribution is 6.04. The van der Waals surface area contributed by atoms with Crippen molar-refractivity contribution < 1.29 is 0 Å². The average Bonchev–Trinajstić information content (AvgIpc) is 1.57. The van der Waals surface area contributed by atoms with Gasteiger partial charge in [0.25, 0.3) is 0 Å². The fourth-order valence-corrected chi connectivity index (χ4v) is 21.3. The fourth-order valence-electron chi connectivity index (χ4n) is 21.3. The second kappa shape index (κ2) is 36.7. The van der Waals surface area contributed by atoms with Gasteiger partial charge in [-0.25, -0.2) is 29.9 Å². The molecule has 0 bridgehead atoms. The first kappa shape index (κ1) is 87.7. The minimum Gasteiger partial charge on any atom is -0.265 e. The predicted octanol–water partition coefficient (Wildman–Crippen LogP) is 33.8. The Bertz CT molecular complexity index is 8440. The Morgan fingerprint density at radius 2 is 0.497 bits per heavy atom. The van der Waals surface area contributed by atoms with Crippen LogP contribution >= 0.6 is 0 Å². The monoisotopic (exact) mass is 1830 g/mol. The topological polar surface area (TPSA) is 116 Å². The minimum atomic E-state index is -0.158. The van der Waals surface area contributed by atoms with Gasteiger partial charge in [-0.15, -0.1) is 0 Å². The van der Waals surface area contributed by atoms with Crippen molar-refractivity contribution in [3.05, 3.63) is 513 Å². The predicted molar refractivity (Wildman–Crippen MR) is 589 cm³/mol. The minimum absolute atomic E-state index is 0.0382. The van der Waals surface area contributed by atoms with Crippen LogP contribution in [-0.2, 0) is 16.2 Å². The summed E-state index contributed by atoms with van der Waals surface area (Å²) in [6.45, 7) is 14.0. The van der Waals surface area contributed by atoms with Gasteiger partial charge >= 0.3 is 0 Å². The molecule has 0 unspecified atom stereocenters. The first-order valence-electron chi connectivity index (χ1n) is 48.9. The number of nitrogens with zero attached hydrogens (tertiary/aromatic N) is 9. The van der Waals surface area contributed by atoms with E-state index in [9.17, 15) is 0 Å². The zero-order valence-electron chi connectivity index (χ0n) is 80.1. The lowest BCUT2D eigenvalue weighted by atomic mass is 9.80. The van der Waals surface area contributed by atoms with Crippen LogP contribution in [0.2, 0.25) is 0 Å². The Kier molecular flexibility index (Phi) is 22.5. The molecule has 678 valence electrons. The highest BCUT2D eigenvalue weighted by Crippen LogP contribution is 2.56. The van der Waals surface area contributed by atoms with Gasteiger partial charge in [0.1, 0.15) is 0 Å². The summed E-state index contributed by atoms with van der Waals surface area (Å²) in [6.07, 6.45) is 7.40. The Morgan fingerprint density at radius 3 is 1.00 bits per heavy atom. The molecule has 0 saturated carbocycles. The van der Waals surface area contributed by atoms with Gasteiger partial charge in [-0.05, 0) is 206 Å². The quantitative estimate of drug-likeness (QED) is 0.0989. The molecule has 0 saturated heterocycles. The summed E-state index contributed by atoms with van der Waals surface area (Å²) in [5.74, 6) is 2.10. The highest BCUT2D eigenvalue weighted by atomic mass is 14.9. The standard InChI is InChI=1S/2C46H33N3.C42H31N3/c1-46(2)39-25-22-32-13-9-10-16-37(32)44(39)38-24-21-35(27-40(38)46)42-28-43(36-23-26-41(47-29-36)33-14-7-4-8-15-33)49-45(48-42)34-19-17-31(18-20-34)30-11-5-3-6-12-30;1-46(2)40-28-36(24-25-38(40)39-26-23-32-12-6-7-13-37(32)44(39)46)43-29-42(34-19-17-33(18-20-34)41-14-8-9-27-47-41)48-45(49-43)35-21-15-31(16-22-35)30-10-4-3-5-11-30;1-42(2)37-11-7-6-10-35(37)36-26-34(20-21-38(36)42)40-27-39(32-16-12-30(13-17-32)31-22-24-43-25-23-31)44-41(45-40)33-18-14-29(15-19-33)28-8-4-3-5-9-28/h2*3-29H,1-2H3;3-27H,1-2H3. The molecule has 0 aliphatic heterocycles. The lowest BCUT2D eigenvalue weighted by Crippen LogP contribution is -2.15. The lowest BCUT2D eigenvalue weighted by Gasteiger charge is -2.23. The van der Waals surface area contributed by atoms with Crippen molar-refractivity contribution in [1.29, 1.82) is 0 Å². The normalized spacial score (nSPS) is 12.9. The smallest absolute Gasteiger partial charge is 0.160 e. The molecule has 0 amide bonds. The summed E-state index contributed by atoms with van der Waals surface area (Å²) >= 11 is 0. The third-order valence-corrected chi connectivity index (χ3v) is 29.0. The first-order chi connectivity index (χ1) is 70.1. The number of hydrogen-bond acceptors (Lipinski definition) is 9. The van der Waals surface area contributed by atoms with Crippen LogP contribution in [0.4, 0.5) is 0 Å². The van der Waals surface area contributed by atoms with E-state index in [0.29, 0.717) is 17.5 Å². The second-order valence-corrected chi connectivity index (χ2v) is 38.7. The molecule has 17 aromatic carbocycles.